The Morgan fingerprint density at radius 1 is 1.38 bits per heavy atom. The molecule has 3 amide bonds. The van der Waals surface area contributed by atoms with Crippen LogP contribution < -0.4 is 10.6 Å². The van der Waals surface area contributed by atoms with Gasteiger partial charge in [0.15, 0.2) is 0 Å². The maximum Gasteiger partial charge on any atom is 0.318 e. The topological polar surface area (TPSA) is 98.7 Å². The zero-order chi connectivity index (χ0) is 15.8. The second kappa shape index (κ2) is 5.20. The number of aliphatic carboxylic acids is 1. The van der Waals surface area contributed by atoms with Crippen LogP contribution in [-0.2, 0) is 9.59 Å². The molecule has 1 saturated heterocycles. The molecule has 0 bridgehead atoms. The van der Waals surface area contributed by atoms with Crippen molar-refractivity contribution in [1.29, 1.82) is 0 Å². The molecule has 118 valence electrons. The zero-order valence-corrected chi connectivity index (χ0v) is 12.7. The normalized spacial score (nSPS) is 31.7. The molecule has 1 heterocycles. The standard InChI is InChI=1S/C14H23N3O4/c1-13(2)10(18)15-7-8-17(13)12(21)16-9-5-4-6-14(9,3)11(19)20/h9H,4-8H2,1-3H3,(H,15,18)(H,16,21)(H,19,20). The van der Waals surface area contributed by atoms with E-state index in [2.05, 4.69) is 10.6 Å². The summed E-state index contributed by atoms with van der Waals surface area (Å²) in [5, 5.41) is 14.9. The first-order valence-corrected chi connectivity index (χ1v) is 7.29. The highest BCUT2D eigenvalue weighted by Crippen LogP contribution is 2.38. The summed E-state index contributed by atoms with van der Waals surface area (Å²) in [5.41, 5.74) is -1.86. The number of hydrogen-bond donors (Lipinski definition) is 3. The van der Waals surface area contributed by atoms with Crippen LogP contribution in [0, 0.1) is 5.41 Å². The van der Waals surface area contributed by atoms with Gasteiger partial charge in [-0.1, -0.05) is 6.42 Å². The lowest BCUT2D eigenvalue weighted by molar-refractivity contribution is -0.148. The van der Waals surface area contributed by atoms with Crippen molar-refractivity contribution in [3.8, 4) is 0 Å². The number of nitrogens with one attached hydrogen (secondary N) is 2. The summed E-state index contributed by atoms with van der Waals surface area (Å²) in [6.07, 6.45) is 1.98. The van der Waals surface area contributed by atoms with Crippen LogP contribution in [0.15, 0.2) is 0 Å². The van der Waals surface area contributed by atoms with Gasteiger partial charge in [-0.05, 0) is 33.6 Å². The molecule has 1 aliphatic heterocycles. The molecule has 2 rings (SSSR count). The summed E-state index contributed by atoms with van der Waals surface area (Å²) in [7, 11) is 0. The van der Waals surface area contributed by atoms with Crippen molar-refractivity contribution in [1.82, 2.24) is 15.5 Å². The van der Waals surface area contributed by atoms with Crippen LogP contribution in [0.3, 0.4) is 0 Å². The van der Waals surface area contributed by atoms with E-state index in [0.717, 1.165) is 6.42 Å². The maximum atomic E-state index is 12.5. The summed E-state index contributed by atoms with van der Waals surface area (Å²) in [6.45, 7) is 5.87. The van der Waals surface area contributed by atoms with Gasteiger partial charge in [0.05, 0.1) is 5.41 Å². The van der Waals surface area contributed by atoms with Crippen molar-refractivity contribution in [2.24, 2.45) is 5.41 Å². The van der Waals surface area contributed by atoms with Gasteiger partial charge < -0.3 is 20.6 Å². The average molecular weight is 297 g/mol. The molecule has 7 nitrogen and oxygen atoms in total. The van der Waals surface area contributed by atoms with E-state index in [4.69, 9.17) is 0 Å². The second-order valence-corrected chi connectivity index (χ2v) is 6.58. The molecule has 3 N–H and O–H groups in total. The van der Waals surface area contributed by atoms with Crippen molar-refractivity contribution in [3.63, 3.8) is 0 Å². The maximum absolute atomic E-state index is 12.5. The van der Waals surface area contributed by atoms with Gasteiger partial charge in [-0.2, -0.15) is 0 Å². The Hall–Kier alpha value is -1.79. The Labute approximate surface area is 124 Å². The summed E-state index contributed by atoms with van der Waals surface area (Å²) in [6, 6.07) is -0.766. The Kier molecular flexibility index (Phi) is 3.86. The molecule has 0 aromatic heterocycles. The Bertz CT molecular complexity index is 477. The fourth-order valence-corrected chi connectivity index (χ4v) is 3.14. The molecular weight excluding hydrogens is 274 g/mol. The lowest BCUT2D eigenvalue weighted by Gasteiger charge is -2.42. The highest BCUT2D eigenvalue weighted by Gasteiger charge is 2.48. The van der Waals surface area contributed by atoms with Crippen molar-refractivity contribution in [2.45, 2.75) is 51.6 Å². The third kappa shape index (κ3) is 2.56. The van der Waals surface area contributed by atoms with E-state index in [1.165, 1.54) is 4.90 Å². The van der Waals surface area contributed by atoms with Crippen molar-refractivity contribution in [3.05, 3.63) is 0 Å². The van der Waals surface area contributed by atoms with Crippen LogP contribution in [0.4, 0.5) is 4.79 Å². The molecule has 2 atom stereocenters. The zero-order valence-electron chi connectivity index (χ0n) is 12.7. The summed E-state index contributed by atoms with van der Waals surface area (Å²) in [5.74, 6) is -1.09. The summed E-state index contributed by atoms with van der Waals surface area (Å²) >= 11 is 0. The summed E-state index contributed by atoms with van der Waals surface area (Å²) in [4.78, 5) is 37.3. The van der Waals surface area contributed by atoms with Crippen molar-refractivity contribution in [2.75, 3.05) is 13.1 Å². The first kappa shape index (κ1) is 15.6. The Morgan fingerprint density at radius 2 is 2.05 bits per heavy atom. The SMILES string of the molecule is CC1(C(=O)O)CCCC1NC(=O)N1CCNC(=O)C1(C)C. The smallest absolute Gasteiger partial charge is 0.318 e. The average Bonchev–Trinajstić information content (AvgIpc) is 2.75. The van der Waals surface area contributed by atoms with E-state index in [1.54, 1.807) is 20.8 Å². The molecule has 1 saturated carbocycles. The molecular formula is C14H23N3O4. The van der Waals surface area contributed by atoms with Gasteiger partial charge in [0.25, 0.3) is 0 Å². The molecule has 2 unspecified atom stereocenters. The number of carbonyl (C=O) groups is 3. The largest absolute Gasteiger partial charge is 0.481 e. The molecule has 0 spiro atoms. The Balaban J connectivity index is 2.11. The molecule has 0 aromatic carbocycles. The van der Waals surface area contributed by atoms with Crippen LogP contribution in [0.25, 0.3) is 0 Å². The van der Waals surface area contributed by atoms with Crippen LogP contribution in [0.1, 0.15) is 40.0 Å². The molecule has 21 heavy (non-hydrogen) atoms. The minimum Gasteiger partial charge on any atom is -0.481 e. The van der Waals surface area contributed by atoms with Crippen molar-refractivity contribution < 1.29 is 19.5 Å². The number of amides is 3. The second-order valence-electron chi connectivity index (χ2n) is 6.58. The van der Waals surface area contributed by atoms with E-state index in [-0.39, 0.29) is 11.9 Å². The first-order chi connectivity index (χ1) is 9.69. The van der Waals surface area contributed by atoms with Gasteiger partial charge in [0.2, 0.25) is 5.91 Å². The lowest BCUT2D eigenvalue weighted by Crippen LogP contribution is -2.66. The van der Waals surface area contributed by atoms with E-state index in [1.807, 2.05) is 0 Å². The molecule has 2 aliphatic rings. The predicted octanol–water partition coefficient (Wildman–Crippen LogP) is 0.550. The minimum atomic E-state index is -0.933. The highest BCUT2D eigenvalue weighted by molar-refractivity contribution is 5.91. The quantitative estimate of drug-likeness (QED) is 0.693. The minimum absolute atomic E-state index is 0.198. The van der Waals surface area contributed by atoms with Crippen LogP contribution >= 0.6 is 0 Å². The van der Waals surface area contributed by atoms with Crippen molar-refractivity contribution >= 4 is 17.9 Å². The highest BCUT2D eigenvalue weighted by atomic mass is 16.4. The predicted molar refractivity (Wildman–Crippen MR) is 75.7 cm³/mol. The summed E-state index contributed by atoms with van der Waals surface area (Å²) < 4.78 is 0. The molecule has 7 heteroatoms. The molecule has 1 aliphatic carbocycles. The third-order valence-electron chi connectivity index (χ3n) is 4.84. The van der Waals surface area contributed by atoms with E-state index < -0.39 is 23.0 Å². The van der Waals surface area contributed by atoms with E-state index in [9.17, 15) is 19.5 Å². The number of carbonyl (C=O) groups excluding carboxylic acids is 2. The Morgan fingerprint density at radius 3 is 2.67 bits per heavy atom. The number of rotatable bonds is 2. The molecule has 2 fully saturated rings. The van der Waals surface area contributed by atoms with Crippen LogP contribution in [0.5, 0.6) is 0 Å². The van der Waals surface area contributed by atoms with Gasteiger partial charge in [0, 0.05) is 19.1 Å². The van der Waals surface area contributed by atoms with Gasteiger partial charge >= 0.3 is 12.0 Å². The van der Waals surface area contributed by atoms with Crippen LogP contribution in [-0.4, -0.2) is 52.6 Å². The number of carboxylic acids is 1. The molecule has 0 radical (unpaired) electrons. The van der Waals surface area contributed by atoms with Gasteiger partial charge in [0.1, 0.15) is 5.54 Å². The number of hydrogen-bond acceptors (Lipinski definition) is 3. The van der Waals surface area contributed by atoms with Gasteiger partial charge in [-0.3, -0.25) is 9.59 Å². The van der Waals surface area contributed by atoms with E-state index in [0.29, 0.717) is 25.9 Å². The number of nitrogens with zero attached hydrogens (tertiary/aromatic N) is 1. The first-order valence-electron chi connectivity index (χ1n) is 7.29. The van der Waals surface area contributed by atoms with E-state index >= 15 is 0 Å². The molecule has 0 aromatic rings. The van der Waals surface area contributed by atoms with Crippen LogP contribution in [0.2, 0.25) is 0 Å². The fraction of sp³-hybridized carbons (Fsp3) is 0.786. The number of piperazine rings is 1. The monoisotopic (exact) mass is 297 g/mol. The fourth-order valence-electron chi connectivity index (χ4n) is 3.14. The van der Waals surface area contributed by atoms with Gasteiger partial charge in [-0.25, -0.2) is 4.79 Å². The lowest BCUT2D eigenvalue weighted by atomic mass is 9.85. The van der Waals surface area contributed by atoms with Gasteiger partial charge in [-0.15, -0.1) is 0 Å². The number of urea groups is 1. The third-order valence-corrected chi connectivity index (χ3v) is 4.84. The number of carboxylic acid groups (broad SMARTS) is 1.